The van der Waals surface area contributed by atoms with E-state index in [-0.39, 0.29) is 11.8 Å². The average molecular weight is 280 g/mol. The summed E-state index contributed by atoms with van der Waals surface area (Å²) in [6.07, 6.45) is 5.81. The number of nitrogens with two attached hydrogens (primary N) is 2. The molecule has 0 fully saturated rings. The second-order valence-electron chi connectivity index (χ2n) is 4.36. The van der Waals surface area contributed by atoms with Gasteiger partial charge in [0.1, 0.15) is 11.6 Å². The van der Waals surface area contributed by atoms with E-state index in [2.05, 4.69) is 17.1 Å². The Balaban J connectivity index is 2.65. The van der Waals surface area contributed by atoms with Crippen LogP contribution in [0.25, 0.3) is 0 Å². The van der Waals surface area contributed by atoms with Crippen LogP contribution in [-0.2, 0) is 0 Å². The van der Waals surface area contributed by atoms with Gasteiger partial charge in [0.25, 0.3) is 0 Å². The lowest BCUT2D eigenvalue weighted by atomic mass is 10.2. The third-order valence-electron chi connectivity index (χ3n) is 2.60. The highest BCUT2D eigenvalue weighted by molar-refractivity contribution is 5.84. The summed E-state index contributed by atoms with van der Waals surface area (Å²) < 4.78 is 18.8. The number of unbranched alkanes of at least 4 members (excludes halogenated alkanes) is 3. The Morgan fingerprint density at radius 1 is 1.30 bits per heavy atom. The molecule has 0 amide bonds. The highest BCUT2D eigenvalue weighted by Gasteiger charge is 2.03. The molecule has 20 heavy (non-hydrogen) atoms. The molecule has 0 radical (unpaired) electrons. The van der Waals surface area contributed by atoms with Crippen molar-refractivity contribution in [3.05, 3.63) is 29.6 Å². The maximum absolute atomic E-state index is 13.2. The molecule has 0 aliphatic carbocycles. The molecule has 110 valence electrons. The Morgan fingerprint density at radius 3 is 2.80 bits per heavy atom. The van der Waals surface area contributed by atoms with Crippen LogP contribution in [0.5, 0.6) is 5.75 Å². The van der Waals surface area contributed by atoms with Gasteiger partial charge >= 0.3 is 0 Å². The molecule has 0 spiro atoms. The molecule has 0 bridgehead atoms. The van der Waals surface area contributed by atoms with Gasteiger partial charge in [-0.2, -0.15) is 5.10 Å². The standard InChI is InChI=1S/C14H21FN4O/c1-2-3-4-5-8-20-13-7-6-12(15)9-11(13)10-18-19-14(16)17/h6-7,9-10H,2-5,8H2,1H3,(H4,16,17,19). The quantitative estimate of drug-likeness (QED) is 0.332. The normalized spacial score (nSPS) is 10.7. The van der Waals surface area contributed by atoms with E-state index in [0.29, 0.717) is 17.9 Å². The molecule has 0 aliphatic rings. The van der Waals surface area contributed by atoms with E-state index in [9.17, 15) is 4.39 Å². The fourth-order valence-electron chi connectivity index (χ4n) is 1.62. The summed E-state index contributed by atoms with van der Waals surface area (Å²) in [6, 6.07) is 4.25. The number of hydrogen-bond acceptors (Lipinski definition) is 3. The largest absolute Gasteiger partial charge is 0.493 e. The number of guanidine groups is 1. The molecule has 0 saturated carbocycles. The van der Waals surface area contributed by atoms with Crippen molar-refractivity contribution in [3.63, 3.8) is 0 Å². The second kappa shape index (κ2) is 8.90. The second-order valence-corrected chi connectivity index (χ2v) is 4.36. The fourth-order valence-corrected chi connectivity index (χ4v) is 1.62. The van der Waals surface area contributed by atoms with Crippen LogP contribution >= 0.6 is 0 Å². The third-order valence-corrected chi connectivity index (χ3v) is 2.60. The van der Waals surface area contributed by atoms with E-state index in [1.807, 2.05) is 0 Å². The van der Waals surface area contributed by atoms with Gasteiger partial charge < -0.3 is 16.2 Å². The Bertz CT molecular complexity index is 470. The molecule has 1 aromatic carbocycles. The first kappa shape index (κ1) is 15.9. The monoisotopic (exact) mass is 280 g/mol. The van der Waals surface area contributed by atoms with Gasteiger partial charge in [0.05, 0.1) is 12.8 Å². The van der Waals surface area contributed by atoms with Crippen LogP contribution in [0.4, 0.5) is 4.39 Å². The first-order valence-electron chi connectivity index (χ1n) is 6.67. The Kier molecular flexibility index (Phi) is 7.10. The predicted molar refractivity (Wildman–Crippen MR) is 79.4 cm³/mol. The topological polar surface area (TPSA) is 86.0 Å². The van der Waals surface area contributed by atoms with Crippen molar-refractivity contribution in [1.29, 1.82) is 0 Å². The van der Waals surface area contributed by atoms with Crippen molar-refractivity contribution < 1.29 is 9.13 Å². The maximum atomic E-state index is 13.2. The number of rotatable bonds is 8. The van der Waals surface area contributed by atoms with Crippen LogP contribution < -0.4 is 16.2 Å². The molecular formula is C14H21FN4O. The summed E-state index contributed by atoms with van der Waals surface area (Å²) in [6.45, 7) is 2.74. The van der Waals surface area contributed by atoms with Crippen molar-refractivity contribution in [2.24, 2.45) is 21.7 Å². The number of nitrogens with zero attached hydrogens (tertiary/aromatic N) is 2. The molecule has 0 aliphatic heterocycles. The number of hydrogen-bond donors (Lipinski definition) is 2. The van der Waals surface area contributed by atoms with Crippen molar-refractivity contribution in [1.82, 2.24) is 0 Å². The fraction of sp³-hybridized carbons (Fsp3) is 0.429. The van der Waals surface area contributed by atoms with Gasteiger partial charge in [0.2, 0.25) is 5.96 Å². The minimum absolute atomic E-state index is 0.153. The molecule has 0 unspecified atom stereocenters. The van der Waals surface area contributed by atoms with Crippen LogP contribution in [0.2, 0.25) is 0 Å². The van der Waals surface area contributed by atoms with Gasteiger partial charge in [-0.3, -0.25) is 0 Å². The SMILES string of the molecule is CCCCCCOc1ccc(F)cc1C=NN=C(N)N. The van der Waals surface area contributed by atoms with E-state index in [0.717, 1.165) is 12.8 Å². The number of ether oxygens (including phenoxy) is 1. The van der Waals surface area contributed by atoms with E-state index in [1.54, 1.807) is 6.07 Å². The van der Waals surface area contributed by atoms with Crippen molar-refractivity contribution in [3.8, 4) is 5.75 Å². The lowest BCUT2D eigenvalue weighted by Crippen LogP contribution is -2.21. The van der Waals surface area contributed by atoms with Gasteiger partial charge in [0.15, 0.2) is 0 Å². The highest BCUT2D eigenvalue weighted by Crippen LogP contribution is 2.18. The summed E-state index contributed by atoms with van der Waals surface area (Å²) in [5.41, 5.74) is 10.8. The van der Waals surface area contributed by atoms with Gasteiger partial charge in [0, 0.05) is 5.56 Å². The van der Waals surface area contributed by atoms with Crippen LogP contribution in [-0.4, -0.2) is 18.8 Å². The molecule has 4 N–H and O–H groups in total. The van der Waals surface area contributed by atoms with E-state index >= 15 is 0 Å². The molecule has 5 nitrogen and oxygen atoms in total. The Labute approximate surface area is 118 Å². The average Bonchev–Trinajstić information content (AvgIpc) is 2.40. The van der Waals surface area contributed by atoms with Crippen molar-refractivity contribution in [2.75, 3.05) is 6.61 Å². The summed E-state index contributed by atoms with van der Waals surface area (Å²) in [5, 5.41) is 7.14. The zero-order valence-corrected chi connectivity index (χ0v) is 11.7. The minimum atomic E-state index is -0.366. The summed E-state index contributed by atoms with van der Waals surface area (Å²) in [4.78, 5) is 0. The number of halogens is 1. The van der Waals surface area contributed by atoms with E-state index in [4.69, 9.17) is 16.2 Å². The van der Waals surface area contributed by atoms with Crippen molar-refractivity contribution in [2.45, 2.75) is 32.6 Å². The molecule has 0 saturated heterocycles. The summed E-state index contributed by atoms with van der Waals surface area (Å²) in [7, 11) is 0. The first-order chi connectivity index (χ1) is 9.63. The molecular weight excluding hydrogens is 259 g/mol. The zero-order valence-electron chi connectivity index (χ0n) is 11.7. The lowest BCUT2D eigenvalue weighted by molar-refractivity contribution is 0.304. The molecule has 1 rings (SSSR count). The molecule has 0 atom stereocenters. The van der Waals surface area contributed by atoms with Crippen LogP contribution in [0.3, 0.4) is 0 Å². The Morgan fingerprint density at radius 2 is 2.10 bits per heavy atom. The zero-order chi connectivity index (χ0) is 14.8. The van der Waals surface area contributed by atoms with Gasteiger partial charge in [-0.1, -0.05) is 26.2 Å². The number of benzene rings is 1. The Hall–Kier alpha value is -2.11. The van der Waals surface area contributed by atoms with Gasteiger partial charge in [-0.15, -0.1) is 5.10 Å². The first-order valence-corrected chi connectivity index (χ1v) is 6.67. The molecule has 0 aromatic heterocycles. The third kappa shape index (κ3) is 6.17. The summed E-state index contributed by atoms with van der Waals surface area (Å²) >= 11 is 0. The predicted octanol–water partition coefficient (Wildman–Crippen LogP) is 2.39. The van der Waals surface area contributed by atoms with Crippen LogP contribution in [0.15, 0.2) is 28.4 Å². The van der Waals surface area contributed by atoms with Crippen LogP contribution in [0.1, 0.15) is 38.2 Å². The van der Waals surface area contributed by atoms with E-state index < -0.39 is 0 Å². The molecule has 1 aromatic rings. The van der Waals surface area contributed by atoms with Crippen molar-refractivity contribution >= 4 is 12.2 Å². The maximum Gasteiger partial charge on any atom is 0.211 e. The van der Waals surface area contributed by atoms with Crippen LogP contribution in [0, 0.1) is 5.82 Å². The molecule has 0 heterocycles. The minimum Gasteiger partial charge on any atom is -0.493 e. The summed E-state index contributed by atoms with van der Waals surface area (Å²) in [5.74, 6) is 0.0478. The molecule has 6 heteroatoms. The van der Waals surface area contributed by atoms with Gasteiger partial charge in [-0.25, -0.2) is 4.39 Å². The highest BCUT2D eigenvalue weighted by atomic mass is 19.1. The van der Waals surface area contributed by atoms with Gasteiger partial charge in [-0.05, 0) is 24.6 Å². The van der Waals surface area contributed by atoms with E-state index in [1.165, 1.54) is 31.2 Å². The smallest absolute Gasteiger partial charge is 0.211 e. The lowest BCUT2D eigenvalue weighted by Gasteiger charge is -2.08.